The van der Waals surface area contributed by atoms with Gasteiger partial charge in [-0.1, -0.05) is 35.1 Å². The maximum Gasteiger partial charge on any atom is 0.273 e. The average Bonchev–Trinajstić information content (AvgIpc) is 3.21. The molecule has 0 saturated heterocycles. The second kappa shape index (κ2) is 8.17. The zero-order chi connectivity index (χ0) is 21.4. The highest BCUT2D eigenvalue weighted by Gasteiger charge is 2.33. The summed E-state index contributed by atoms with van der Waals surface area (Å²) in [6.45, 7) is 2.44. The summed E-state index contributed by atoms with van der Waals surface area (Å²) in [5, 5.41) is 1.23. The summed E-state index contributed by atoms with van der Waals surface area (Å²) in [6.07, 6.45) is 2.64. The van der Waals surface area contributed by atoms with E-state index < -0.39 is 6.10 Å². The Balaban J connectivity index is 1.52. The predicted molar refractivity (Wildman–Crippen MR) is 121 cm³/mol. The van der Waals surface area contributed by atoms with E-state index in [4.69, 9.17) is 26.1 Å². The summed E-state index contributed by atoms with van der Waals surface area (Å²) in [7, 11) is 0. The van der Waals surface area contributed by atoms with Crippen molar-refractivity contribution in [3.63, 3.8) is 0 Å². The summed E-state index contributed by atoms with van der Waals surface area (Å²) >= 11 is 7.66. The van der Waals surface area contributed by atoms with Crippen LogP contribution in [0.25, 0.3) is 10.2 Å². The van der Waals surface area contributed by atoms with Crippen LogP contribution < -0.4 is 14.4 Å². The molecule has 1 unspecified atom stereocenters. The zero-order valence-electron chi connectivity index (χ0n) is 16.6. The van der Waals surface area contributed by atoms with E-state index in [-0.39, 0.29) is 12.5 Å². The number of anilines is 1. The fourth-order valence-corrected chi connectivity index (χ4v) is 4.91. The number of hydrogen-bond donors (Lipinski definition) is 0. The SMILES string of the molecule is Cc1cc(Cl)cc2sc(N(Cc3ccncc3)C(=O)C3COc4ccccc4O3)nc12. The van der Waals surface area contributed by atoms with Gasteiger partial charge in [-0.3, -0.25) is 14.7 Å². The average molecular weight is 452 g/mol. The summed E-state index contributed by atoms with van der Waals surface area (Å²) < 4.78 is 12.7. The molecule has 1 aliphatic rings. The molecule has 1 aliphatic heterocycles. The minimum absolute atomic E-state index is 0.137. The number of carbonyl (C=O) groups excluding carboxylic acids is 1. The van der Waals surface area contributed by atoms with Gasteiger partial charge in [0.2, 0.25) is 6.10 Å². The number of halogens is 1. The van der Waals surface area contributed by atoms with Crippen molar-refractivity contribution in [1.82, 2.24) is 9.97 Å². The van der Waals surface area contributed by atoms with Gasteiger partial charge in [-0.05, 0) is 54.4 Å². The molecule has 31 heavy (non-hydrogen) atoms. The van der Waals surface area contributed by atoms with Gasteiger partial charge >= 0.3 is 0 Å². The Morgan fingerprint density at radius 1 is 1.19 bits per heavy atom. The number of carbonyl (C=O) groups is 1. The second-order valence-electron chi connectivity index (χ2n) is 7.21. The summed E-state index contributed by atoms with van der Waals surface area (Å²) in [5.41, 5.74) is 2.74. The van der Waals surface area contributed by atoms with E-state index in [9.17, 15) is 4.79 Å². The number of para-hydroxylation sites is 2. The normalized spacial score (nSPS) is 15.1. The summed E-state index contributed by atoms with van der Waals surface area (Å²) in [4.78, 5) is 24.1. The van der Waals surface area contributed by atoms with E-state index >= 15 is 0 Å². The van der Waals surface area contributed by atoms with Crippen LogP contribution in [0.1, 0.15) is 11.1 Å². The van der Waals surface area contributed by atoms with Gasteiger partial charge in [0.1, 0.15) is 6.61 Å². The first kappa shape index (κ1) is 19.8. The number of amides is 1. The molecule has 1 atom stereocenters. The van der Waals surface area contributed by atoms with Crippen molar-refractivity contribution in [3.05, 3.63) is 77.1 Å². The fraction of sp³-hybridized carbons (Fsp3) is 0.174. The van der Waals surface area contributed by atoms with E-state index in [1.807, 2.05) is 49.4 Å². The first-order valence-corrected chi connectivity index (χ1v) is 10.9. The molecular weight excluding hydrogens is 434 g/mol. The zero-order valence-corrected chi connectivity index (χ0v) is 18.2. The lowest BCUT2D eigenvalue weighted by atomic mass is 10.2. The number of rotatable bonds is 4. The van der Waals surface area contributed by atoms with Gasteiger partial charge in [-0.15, -0.1) is 0 Å². The number of thiazole rings is 1. The quantitative estimate of drug-likeness (QED) is 0.435. The van der Waals surface area contributed by atoms with Crippen LogP contribution in [0.5, 0.6) is 11.5 Å². The number of pyridine rings is 1. The Bertz CT molecular complexity index is 1260. The van der Waals surface area contributed by atoms with Crippen LogP contribution in [-0.2, 0) is 11.3 Å². The van der Waals surface area contributed by atoms with Gasteiger partial charge in [0.15, 0.2) is 16.6 Å². The van der Waals surface area contributed by atoms with Gasteiger partial charge in [-0.25, -0.2) is 4.98 Å². The van der Waals surface area contributed by atoms with Crippen LogP contribution in [0.3, 0.4) is 0 Å². The largest absolute Gasteiger partial charge is 0.485 e. The smallest absolute Gasteiger partial charge is 0.273 e. The van der Waals surface area contributed by atoms with Crippen LogP contribution in [0.2, 0.25) is 5.02 Å². The molecule has 0 spiro atoms. The summed E-state index contributed by atoms with van der Waals surface area (Å²) in [5.74, 6) is 0.981. The first-order chi connectivity index (χ1) is 15.1. The van der Waals surface area contributed by atoms with E-state index in [0.717, 1.165) is 21.3 Å². The second-order valence-corrected chi connectivity index (χ2v) is 8.66. The Kier molecular flexibility index (Phi) is 5.21. The minimum atomic E-state index is -0.770. The molecule has 0 fully saturated rings. The van der Waals surface area contributed by atoms with Crippen molar-refractivity contribution in [2.75, 3.05) is 11.5 Å². The predicted octanol–water partition coefficient (Wildman–Crippen LogP) is 5.03. The molecule has 2 aromatic heterocycles. The Hall–Kier alpha value is -3.16. The highest BCUT2D eigenvalue weighted by molar-refractivity contribution is 7.22. The number of aryl methyl sites for hydroxylation is 1. The molecule has 4 aromatic rings. The van der Waals surface area contributed by atoms with E-state index in [1.165, 1.54) is 11.3 Å². The fourth-order valence-electron chi connectivity index (χ4n) is 3.48. The van der Waals surface area contributed by atoms with Gasteiger partial charge < -0.3 is 9.47 Å². The van der Waals surface area contributed by atoms with Crippen molar-refractivity contribution in [2.24, 2.45) is 0 Å². The van der Waals surface area contributed by atoms with Crippen molar-refractivity contribution < 1.29 is 14.3 Å². The Labute approximate surface area is 188 Å². The molecule has 2 aromatic carbocycles. The molecule has 0 bridgehead atoms. The van der Waals surface area contributed by atoms with Gasteiger partial charge in [0.25, 0.3) is 5.91 Å². The molecule has 0 aliphatic carbocycles. The van der Waals surface area contributed by atoms with Crippen LogP contribution in [0.15, 0.2) is 60.9 Å². The molecule has 0 radical (unpaired) electrons. The lowest BCUT2D eigenvalue weighted by molar-refractivity contribution is -0.127. The van der Waals surface area contributed by atoms with Crippen molar-refractivity contribution >= 4 is 44.2 Å². The molecule has 6 nitrogen and oxygen atoms in total. The Morgan fingerprint density at radius 2 is 1.97 bits per heavy atom. The molecular formula is C23H18ClN3O3S. The molecule has 5 rings (SSSR count). The van der Waals surface area contributed by atoms with Crippen LogP contribution in [0.4, 0.5) is 5.13 Å². The third kappa shape index (κ3) is 3.94. The third-order valence-electron chi connectivity index (χ3n) is 5.01. The van der Waals surface area contributed by atoms with E-state index in [1.54, 1.807) is 23.4 Å². The number of hydrogen-bond acceptors (Lipinski definition) is 6. The monoisotopic (exact) mass is 451 g/mol. The van der Waals surface area contributed by atoms with Gasteiger partial charge in [-0.2, -0.15) is 0 Å². The summed E-state index contributed by atoms with van der Waals surface area (Å²) in [6, 6.07) is 14.8. The van der Waals surface area contributed by atoms with Crippen LogP contribution in [0, 0.1) is 6.92 Å². The molecule has 3 heterocycles. The maximum atomic E-state index is 13.6. The van der Waals surface area contributed by atoms with Crippen molar-refractivity contribution in [1.29, 1.82) is 0 Å². The first-order valence-electron chi connectivity index (χ1n) is 9.74. The van der Waals surface area contributed by atoms with Gasteiger partial charge in [0.05, 0.1) is 16.8 Å². The lowest BCUT2D eigenvalue weighted by Gasteiger charge is -2.29. The molecule has 8 heteroatoms. The lowest BCUT2D eigenvalue weighted by Crippen LogP contribution is -2.46. The van der Waals surface area contributed by atoms with Crippen LogP contribution >= 0.6 is 22.9 Å². The molecule has 0 saturated carbocycles. The van der Waals surface area contributed by atoms with Crippen LogP contribution in [-0.4, -0.2) is 28.6 Å². The third-order valence-corrected chi connectivity index (χ3v) is 6.25. The maximum absolute atomic E-state index is 13.6. The highest BCUT2D eigenvalue weighted by atomic mass is 35.5. The number of nitrogens with zero attached hydrogens (tertiary/aromatic N) is 3. The number of fused-ring (bicyclic) bond motifs is 2. The molecule has 0 N–H and O–H groups in total. The number of aromatic nitrogens is 2. The van der Waals surface area contributed by atoms with Gasteiger partial charge in [0, 0.05) is 17.4 Å². The molecule has 1 amide bonds. The van der Waals surface area contributed by atoms with Crippen molar-refractivity contribution in [3.8, 4) is 11.5 Å². The highest BCUT2D eigenvalue weighted by Crippen LogP contribution is 2.36. The number of benzene rings is 2. The standard InChI is InChI=1S/C23H18ClN3O3S/c1-14-10-16(24)11-20-21(14)26-23(31-20)27(12-15-6-8-25-9-7-15)22(28)19-13-29-17-4-2-3-5-18(17)30-19/h2-11,19H,12-13H2,1H3. The van der Waals surface area contributed by atoms with E-state index in [2.05, 4.69) is 4.98 Å². The Morgan fingerprint density at radius 3 is 2.77 bits per heavy atom. The van der Waals surface area contributed by atoms with E-state index in [0.29, 0.717) is 28.2 Å². The number of ether oxygens (including phenoxy) is 2. The minimum Gasteiger partial charge on any atom is -0.485 e. The van der Waals surface area contributed by atoms with Crippen molar-refractivity contribution in [2.45, 2.75) is 19.6 Å². The topological polar surface area (TPSA) is 64.6 Å². The molecule has 156 valence electrons.